The van der Waals surface area contributed by atoms with Gasteiger partial charge in [0.05, 0.1) is 34.0 Å². The van der Waals surface area contributed by atoms with Gasteiger partial charge in [0.1, 0.15) is 0 Å². The largest absolute Gasteiger partial charge is 0.333 e. The molecule has 0 fully saturated rings. The van der Waals surface area contributed by atoms with E-state index in [0.717, 1.165) is 49.7 Å². The van der Waals surface area contributed by atoms with E-state index in [1.54, 1.807) is 34.5 Å². The first-order valence-electron chi connectivity index (χ1n) is 10.2. The number of imidazole rings is 1. The van der Waals surface area contributed by atoms with Crippen LogP contribution in [0.1, 0.15) is 0 Å². The molecule has 0 unspecified atom stereocenters. The van der Waals surface area contributed by atoms with E-state index in [-0.39, 0.29) is 5.69 Å². The molecule has 5 nitrogen and oxygen atoms in total. The maximum atomic E-state index is 13.2. The standard InChI is InChI=1S/C26H17ClN4O/c1-30-24-15-29-23-10-9-16(18-11-17-5-2-3-8-22(17)28-14-18)12-21(23)25(24)31(26(30)32)20-7-4-6-19(27)13-20/h2-15H,1H3. The molecule has 0 saturated carbocycles. The van der Waals surface area contributed by atoms with E-state index in [0.29, 0.717) is 5.02 Å². The van der Waals surface area contributed by atoms with Crippen LogP contribution in [-0.4, -0.2) is 19.1 Å². The van der Waals surface area contributed by atoms with Gasteiger partial charge in [-0.15, -0.1) is 0 Å². The van der Waals surface area contributed by atoms with Crippen molar-refractivity contribution in [2.24, 2.45) is 7.05 Å². The van der Waals surface area contributed by atoms with Crippen LogP contribution in [0.25, 0.3) is 49.7 Å². The Bertz CT molecular complexity index is 1730. The molecule has 0 spiro atoms. The lowest BCUT2D eigenvalue weighted by atomic mass is 10.0. The average molecular weight is 437 g/mol. The summed E-state index contributed by atoms with van der Waals surface area (Å²) >= 11 is 6.23. The van der Waals surface area contributed by atoms with Gasteiger partial charge < -0.3 is 0 Å². The number of hydrogen-bond donors (Lipinski definition) is 0. The topological polar surface area (TPSA) is 52.7 Å². The molecule has 6 rings (SSSR count). The lowest BCUT2D eigenvalue weighted by Gasteiger charge is -2.09. The Morgan fingerprint density at radius 1 is 0.812 bits per heavy atom. The van der Waals surface area contributed by atoms with Crippen LogP contribution in [0.15, 0.2) is 90.0 Å². The average Bonchev–Trinajstić information content (AvgIpc) is 3.09. The molecule has 0 radical (unpaired) electrons. The number of aromatic nitrogens is 4. The van der Waals surface area contributed by atoms with Crippen LogP contribution in [0.2, 0.25) is 5.02 Å². The SMILES string of the molecule is Cn1c(=O)n(-c2cccc(Cl)c2)c2c3cc(-c4cnc5ccccc5c4)ccc3ncc21. The van der Waals surface area contributed by atoms with E-state index >= 15 is 0 Å². The lowest BCUT2D eigenvalue weighted by molar-refractivity contribution is 0.846. The van der Waals surface area contributed by atoms with Crippen molar-refractivity contribution in [2.45, 2.75) is 0 Å². The van der Waals surface area contributed by atoms with Crippen LogP contribution in [-0.2, 0) is 7.05 Å². The van der Waals surface area contributed by atoms with E-state index in [1.165, 1.54) is 0 Å². The van der Waals surface area contributed by atoms with Gasteiger partial charge in [0, 0.05) is 34.6 Å². The number of para-hydroxylation sites is 1. The van der Waals surface area contributed by atoms with Gasteiger partial charge in [0.25, 0.3) is 0 Å². The maximum Gasteiger partial charge on any atom is 0.333 e. The van der Waals surface area contributed by atoms with Crippen molar-refractivity contribution in [1.29, 1.82) is 0 Å². The van der Waals surface area contributed by atoms with E-state index in [2.05, 4.69) is 28.2 Å². The molecular weight excluding hydrogens is 420 g/mol. The molecule has 0 aliphatic carbocycles. The fraction of sp³-hybridized carbons (Fsp3) is 0.0385. The minimum absolute atomic E-state index is 0.144. The Morgan fingerprint density at radius 3 is 2.53 bits per heavy atom. The highest BCUT2D eigenvalue weighted by Crippen LogP contribution is 2.31. The molecule has 0 saturated heterocycles. The molecule has 0 atom stereocenters. The van der Waals surface area contributed by atoms with Gasteiger partial charge in [-0.2, -0.15) is 0 Å². The van der Waals surface area contributed by atoms with Gasteiger partial charge in [0.15, 0.2) is 0 Å². The van der Waals surface area contributed by atoms with Gasteiger partial charge in [0.2, 0.25) is 0 Å². The number of halogens is 1. The number of fused-ring (bicyclic) bond motifs is 4. The maximum absolute atomic E-state index is 13.2. The number of pyridine rings is 2. The molecule has 0 aliphatic heterocycles. The highest BCUT2D eigenvalue weighted by molar-refractivity contribution is 6.30. The third-order valence-electron chi connectivity index (χ3n) is 5.87. The zero-order chi connectivity index (χ0) is 21.8. The van der Waals surface area contributed by atoms with Crippen LogP contribution in [0.5, 0.6) is 0 Å². The molecule has 0 bridgehead atoms. The van der Waals surface area contributed by atoms with E-state index in [9.17, 15) is 4.79 Å². The summed E-state index contributed by atoms with van der Waals surface area (Å²) in [5.41, 5.74) is 5.94. The summed E-state index contributed by atoms with van der Waals surface area (Å²) in [5, 5.41) is 2.55. The minimum Gasteiger partial charge on any atom is -0.293 e. The number of aryl methyl sites for hydroxylation is 1. The predicted octanol–water partition coefficient (Wildman–Crippen LogP) is 5.75. The van der Waals surface area contributed by atoms with Crippen LogP contribution >= 0.6 is 11.6 Å². The Morgan fingerprint density at radius 2 is 1.66 bits per heavy atom. The van der Waals surface area contributed by atoms with Gasteiger partial charge in [-0.05, 0) is 48.0 Å². The fourth-order valence-corrected chi connectivity index (χ4v) is 4.44. The number of rotatable bonds is 2. The first kappa shape index (κ1) is 18.8. The third kappa shape index (κ3) is 2.82. The van der Waals surface area contributed by atoms with E-state index < -0.39 is 0 Å². The summed E-state index contributed by atoms with van der Waals surface area (Å²) in [6, 6.07) is 23.6. The zero-order valence-corrected chi connectivity index (χ0v) is 17.9. The summed E-state index contributed by atoms with van der Waals surface area (Å²) in [6.45, 7) is 0. The van der Waals surface area contributed by atoms with Crippen molar-refractivity contribution in [3.63, 3.8) is 0 Å². The number of hydrogen-bond acceptors (Lipinski definition) is 3. The fourth-order valence-electron chi connectivity index (χ4n) is 4.26. The third-order valence-corrected chi connectivity index (χ3v) is 6.11. The first-order valence-corrected chi connectivity index (χ1v) is 10.6. The van der Waals surface area contributed by atoms with Gasteiger partial charge in [-0.3, -0.25) is 19.1 Å². The lowest BCUT2D eigenvalue weighted by Crippen LogP contribution is -2.20. The van der Waals surface area contributed by atoms with Crippen molar-refractivity contribution in [1.82, 2.24) is 19.1 Å². The molecule has 6 aromatic rings. The molecule has 3 heterocycles. The monoisotopic (exact) mass is 436 g/mol. The van der Waals surface area contributed by atoms with Crippen molar-refractivity contribution in [3.8, 4) is 16.8 Å². The number of nitrogens with zero attached hydrogens (tertiary/aromatic N) is 4. The Hall–Kier alpha value is -3.96. The van der Waals surface area contributed by atoms with E-state index in [1.807, 2.05) is 48.7 Å². The quantitative estimate of drug-likeness (QED) is 0.347. The summed E-state index contributed by atoms with van der Waals surface area (Å²) < 4.78 is 3.32. The highest BCUT2D eigenvalue weighted by atomic mass is 35.5. The van der Waals surface area contributed by atoms with Gasteiger partial charge in [-0.25, -0.2) is 4.79 Å². The normalized spacial score (nSPS) is 11.6. The molecule has 6 heteroatoms. The number of benzene rings is 3. The van der Waals surface area contributed by atoms with E-state index in [4.69, 9.17) is 11.6 Å². The Balaban J connectivity index is 1.67. The van der Waals surface area contributed by atoms with Crippen LogP contribution < -0.4 is 5.69 Å². The van der Waals surface area contributed by atoms with Crippen LogP contribution in [0.3, 0.4) is 0 Å². The molecule has 0 amide bonds. The van der Waals surface area contributed by atoms with Crippen LogP contribution in [0.4, 0.5) is 0 Å². The van der Waals surface area contributed by atoms with Crippen molar-refractivity contribution in [3.05, 3.63) is 101 Å². The highest BCUT2D eigenvalue weighted by Gasteiger charge is 2.17. The van der Waals surface area contributed by atoms with Crippen molar-refractivity contribution in [2.75, 3.05) is 0 Å². The summed E-state index contributed by atoms with van der Waals surface area (Å²) in [4.78, 5) is 22.4. The second kappa shape index (κ2) is 7.04. The Labute approximate surface area is 188 Å². The summed E-state index contributed by atoms with van der Waals surface area (Å²) in [5.74, 6) is 0. The smallest absolute Gasteiger partial charge is 0.293 e. The molecule has 154 valence electrons. The summed E-state index contributed by atoms with van der Waals surface area (Å²) in [7, 11) is 1.76. The summed E-state index contributed by atoms with van der Waals surface area (Å²) in [6.07, 6.45) is 3.63. The second-order valence-corrected chi connectivity index (χ2v) is 8.23. The zero-order valence-electron chi connectivity index (χ0n) is 17.2. The predicted molar refractivity (Wildman–Crippen MR) is 130 cm³/mol. The minimum atomic E-state index is -0.144. The molecule has 0 aliphatic rings. The first-order chi connectivity index (χ1) is 15.6. The molecule has 0 N–H and O–H groups in total. The van der Waals surface area contributed by atoms with Gasteiger partial charge in [-0.1, -0.05) is 41.9 Å². The molecule has 32 heavy (non-hydrogen) atoms. The van der Waals surface area contributed by atoms with Crippen molar-refractivity contribution >= 4 is 44.4 Å². The molecular formula is C26H17ClN4O. The van der Waals surface area contributed by atoms with Gasteiger partial charge >= 0.3 is 5.69 Å². The molecule has 3 aromatic heterocycles. The van der Waals surface area contributed by atoms with Crippen molar-refractivity contribution < 1.29 is 0 Å². The Kier molecular flexibility index (Phi) is 4.13. The molecule has 3 aromatic carbocycles. The van der Waals surface area contributed by atoms with Crippen LogP contribution in [0, 0.1) is 0 Å². The second-order valence-electron chi connectivity index (χ2n) is 7.80.